The van der Waals surface area contributed by atoms with Gasteiger partial charge in [-0.3, -0.25) is 4.79 Å². The molecule has 0 saturated heterocycles. The van der Waals surface area contributed by atoms with Gasteiger partial charge in [-0.25, -0.2) is 5.14 Å². The standard InChI is InChI=1S/C20H27N5O5S/c1-6-15(17-11-10-12(2)30-17)22-13(3)19(24-31(21,28)29)23-16-9-7-8-14(18(16)26)20(27)25(4)5/h7-11,15,22,26H,3,6H2,1-2,4-5H3,(H,23,24)(H2,21,28,29)/t15-/m0/s1. The summed E-state index contributed by atoms with van der Waals surface area (Å²) in [4.78, 5) is 13.6. The smallest absolute Gasteiger partial charge is 0.319 e. The SMILES string of the molecule is C=C(N[C@@H](CC)c1ccc(C)o1)/C(=N\S(N)(=O)=O)Nc1cccc(C(=O)N(C)C)c1O. The number of hydrogen-bond acceptors (Lipinski definition) is 6. The van der Waals surface area contributed by atoms with E-state index in [-0.39, 0.29) is 34.6 Å². The van der Waals surface area contributed by atoms with Crippen molar-refractivity contribution in [1.29, 1.82) is 0 Å². The van der Waals surface area contributed by atoms with Gasteiger partial charge in [0.15, 0.2) is 11.6 Å². The molecule has 168 valence electrons. The van der Waals surface area contributed by atoms with Gasteiger partial charge in [-0.05, 0) is 37.6 Å². The molecule has 11 heteroatoms. The van der Waals surface area contributed by atoms with Crippen molar-refractivity contribution >= 4 is 27.6 Å². The van der Waals surface area contributed by atoms with Gasteiger partial charge in [0.25, 0.3) is 5.91 Å². The van der Waals surface area contributed by atoms with Crippen LogP contribution in [0.15, 0.2) is 51.4 Å². The van der Waals surface area contributed by atoms with Crippen LogP contribution < -0.4 is 15.8 Å². The van der Waals surface area contributed by atoms with Gasteiger partial charge in [-0.2, -0.15) is 8.42 Å². The number of nitrogens with two attached hydrogens (primary N) is 1. The summed E-state index contributed by atoms with van der Waals surface area (Å²) in [7, 11) is -1.21. The Hall–Kier alpha value is -3.31. The van der Waals surface area contributed by atoms with Crippen LogP contribution in [0.5, 0.6) is 5.75 Å². The van der Waals surface area contributed by atoms with Crippen LogP contribution in [-0.2, 0) is 10.2 Å². The van der Waals surface area contributed by atoms with Crippen LogP contribution in [0.2, 0.25) is 0 Å². The van der Waals surface area contributed by atoms with Crippen LogP contribution >= 0.6 is 0 Å². The molecule has 0 radical (unpaired) electrons. The van der Waals surface area contributed by atoms with Crippen molar-refractivity contribution in [3.05, 3.63) is 59.7 Å². The molecule has 2 rings (SSSR count). The van der Waals surface area contributed by atoms with Crippen molar-refractivity contribution in [2.45, 2.75) is 26.3 Å². The number of amidine groups is 1. The van der Waals surface area contributed by atoms with E-state index in [1.807, 2.05) is 19.9 Å². The maximum atomic E-state index is 12.3. The lowest BCUT2D eigenvalue weighted by molar-refractivity contribution is 0.0824. The number of anilines is 1. The Morgan fingerprint density at radius 2 is 2.00 bits per heavy atom. The summed E-state index contributed by atoms with van der Waals surface area (Å²) in [5, 5.41) is 21.4. The highest BCUT2D eigenvalue weighted by molar-refractivity contribution is 7.88. The molecule has 1 atom stereocenters. The van der Waals surface area contributed by atoms with E-state index in [9.17, 15) is 18.3 Å². The van der Waals surface area contributed by atoms with Gasteiger partial charge in [0.2, 0.25) is 0 Å². The van der Waals surface area contributed by atoms with Crippen molar-refractivity contribution < 1.29 is 22.7 Å². The molecule has 1 aromatic carbocycles. The van der Waals surface area contributed by atoms with Crippen LogP contribution in [0.3, 0.4) is 0 Å². The van der Waals surface area contributed by atoms with Crippen LogP contribution in [0.4, 0.5) is 5.69 Å². The lowest BCUT2D eigenvalue weighted by Crippen LogP contribution is -2.30. The molecule has 1 heterocycles. The van der Waals surface area contributed by atoms with E-state index in [0.717, 1.165) is 5.76 Å². The van der Waals surface area contributed by atoms with Crippen molar-refractivity contribution in [2.24, 2.45) is 9.54 Å². The summed E-state index contributed by atoms with van der Waals surface area (Å²) in [5.74, 6) is 0.323. The number of aryl methyl sites for hydroxylation is 1. The normalized spacial score (nSPS) is 12.9. The minimum atomic E-state index is -4.30. The number of benzene rings is 1. The van der Waals surface area contributed by atoms with E-state index in [2.05, 4.69) is 21.6 Å². The van der Waals surface area contributed by atoms with E-state index >= 15 is 0 Å². The lowest BCUT2D eigenvalue weighted by atomic mass is 10.1. The van der Waals surface area contributed by atoms with Crippen molar-refractivity contribution in [1.82, 2.24) is 10.2 Å². The van der Waals surface area contributed by atoms with E-state index < -0.39 is 16.1 Å². The summed E-state index contributed by atoms with van der Waals surface area (Å²) >= 11 is 0. The Balaban J connectivity index is 2.38. The molecule has 31 heavy (non-hydrogen) atoms. The lowest BCUT2D eigenvalue weighted by Gasteiger charge is -2.20. The third-order valence-electron chi connectivity index (χ3n) is 4.29. The summed E-state index contributed by atoms with van der Waals surface area (Å²) in [6.45, 7) is 7.57. The zero-order valence-corrected chi connectivity index (χ0v) is 18.7. The quantitative estimate of drug-likeness (QED) is 0.274. The Kier molecular flexibility index (Phi) is 7.47. The Morgan fingerprint density at radius 3 is 2.52 bits per heavy atom. The zero-order valence-electron chi connectivity index (χ0n) is 17.8. The predicted molar refractivity (Wildman–Crippen MR) is 119 cm³/mol. The monoisotopic (exact) mass is 449 g/mol. The number of carbonyl (C=O) groups is 1. The molecule has 0 spiro atoms. The molecule has 0 saturated carbocycles. The summed E-state index contributed by atoms with van der Waals surface area (Å²) in [6, 6.07) is 7.73. The minimum absolute atomic E-state index is 0.0287. The summed E-state index contributed by atoms with van der Waals surface area (Å²) in [5.41, 5.74) is 0.180. The molecular formula is C20H27N5O5S. The van der Waals surface area contributed by atoms with Crippen molar-refractivity contribution in [2.75, 3.05) is 19.4 Å². The first kappa shape index (κ1) is 24.0. The molecule has 1 amide bonds. The summed E-state index contributed by atoms with van der Waals surface area (Å²) in [6.07, 6.45) is 0.604. The molecule has 0 fully saturated rings. The highest BCUT2D eigenvalue weighted by Crippen LogP contribution is 2.29. The summed E-state index contributed by atoms with van der Waals surface area (Å²) < 4.78 is 32.4. The van der Waals surface area contributed by atoms with E-state index in [0.29, 0.717) is 12.2 Å². The van der Waals surface area contributed by atoms with Crippen LogP contribution in [0, 0.1) is 6.92 Å². The van der Waals surface area contributed by atoms with Crippen LogP contribution in [-0.4, -0.2) is 44.3 Å². The Bertz CT molecular complexity index is 1100. The highest BCUT2D eigenvalue weighted by atomic mass is 32.2. The van der Waals surface area contributed by atoms with Gasteiger partial charge in [-0.15, -0.1) is 4.40 Å². The fourth-order valence-electron chi connectivity index (χ4n) is 2.76. The topological polar surface area (TPSA) is 150 Å². The second kappa shape index (κ2) is 9.67. The first-order chi connectivity index (χ1) is 14.4. The van der Waals surface area contributed by atoms with Gasteiger partial charge in [0.1, 0.15) is 11.5 Å². The van der Waals surface area contributed by atoms with Crippen molar-refractivity contribution in [3.8, 4) is 5.75 Å². The average molecular weight is 450 g/mol. The minimum Gasteiger partial charge on any atom is -0.505 e. The number of nitrogens with zero attached hydrogens (tertiary/aromatic N) is 2. The number of nitrogens with one attached hydrogen (secondary N) is 2. The molecule has 0 aliphatic heterocycles. The maximum Gasteiger partial charge on any atom is 0.319 e. The van der Waals surface area contributed by atoms with E-state index in [1.54, 1.807) is 20.2 Å². The van der Waals surface area contributed by atoms with Crippen molar-refractivity contribution in [3.63, 3.8) is 0 Å². The number of amides is 1. The number of aromatic hydroxyl groups is 1. The van der Waals surface area contributed by atoms with Gasteiger partial charge in [0, 0.05) is 14.1 Å². The Labute approximate surface area is 181 Å². The molecule has 10 nitrogen and oxygen atoms in total. The second-order valence-corrected chi connectivity index (χ2v) is 8.23. The van der Waals surface area contributed by atoms with Gasteiger partial charge >= 0.3 is 10.2 Å². The van der Waals surface area contributed by atoms with Gasteiger partial charge in [0.05, 0.1) is 23.0 Å². The first-order valence-electron chi connectivity index (χ1n) is 9.38. The van der Waals surface area contributed by atoms with Crippen LogP contribution in [0.1, 0.15) is 41.3 Å². The number of para-hydroxylation sites is 1. The molecule has 0 bridgehead atoms. The molecule has 2 aromatic rings. The molecule has 5 N–H and O–H groups in total. The average Bonchev–Trinajstić information content (AvgIpc) is 3.11. The highest BCUT2D eigenvalue weighted by Gasteiger charge is 2.20. The van der Waals surface area contributed by atoms with E-state index in [1.165, 1.54) is 23.1 Å². The molecule has 0 unspecified atom stereocenters. The number of rotatable bonds is 8. The third kappa shape index (κ3) is 6.33. The molecule has 0 aliphatic rings. The fraction of sp³-hybridized carbons (Fsp3) is 0.300. The maximum absolute atomic E-state index is 12.3. The number of phenols is 1. The Morgan fingerprint density at radius 1 is 1.32 bits per heavy atom. The molecule has 1 aromatic heterocycles. The first-order valence-corrected chi connectivity index (χ1v) is 10.9. The third-order valence-corrected chi connectivity index (χ3v) is 4.73. The molecular weight excluding hydrogens is 422 g/mol. The number of phenolic OH excluding ortho intramolecular Hbond substituents is 1. The van der Waals surface area contributed by atoms with E-state index in [4.69, 9.17) is 9.56 Å². The largest absolute Gasteiger partial charge is 0.505 e. The predicted octanol–water partition coefficient (Wildman–Crippen LogP) is 2.26. The van der Waals surface area contributed by atoms with Gasteiger partial charge < -0.3 is 25.1 Å². The zero-order chi connectivity index (χ0) is 23.3. The fourth-order valence-corrected chi connectivity index (χ4v) is 3.17. The number of hydrogen-bond donors (Lipinski definition) is 4. The second-order valence-electron chi connectivity index (χ2n) is 7.01. The number of carbonyl (C=O) groups excluding carboxylic acids is 1. The van der Waals surface area contributed by atoms with Crippen LogP contribution in [0.25, 0.3) is 0 Å². The van der Waals surface area contributed by atoms with Gasteiger partial charge in [-0.1, -0.05) is 19.6 Å². The molecule has 0 aliphatic carbocycles. The number of furan rings is 1.